The number of halogens is 1. The van der Waals surface area contributed by atoms with E-state index in [0.717, 1.165) is 0 Å². The van der Waals surface area contributed by atoms with Crippen molar-refractivity contribution in [2.75, 3.05) is 118 Å². The van der Waals surface area contributed by atoms with Crippen molar-refractivity contribution in [3.05, 3.63) is 35.9 Å². The molecule has 0 atom stereocenters. The number of hydrogen-bond donors (Lipinski definition) is 0. The molecule has 208 valence electrons. The lowest BCUT2D eigenvalue weighted by Crippen LogP contribution is -2.15. The predicted octanol–water partition coefficient (Wildman–Crippen LogP) is 2.22. The minimum Gasteiger partial charge on any atom is -0.460 e. The molecule has 0 aromatic heterocycles. The molecule has 0 bridgehead atoms. The van der Waals surface area contributed by atoms with Crippen molar-refractivity contribution in [3.63, 3.8) is 0 Å². The van der Waals surface area contributed by atoms with Gasteiger partial charge in [-0.1, -0.05) is 18.2 Å². The van der Waals surface area contributed by atoms with E-state index in [1.807, 2.05) is 6.07 Å². The quantitative estimate of drug-likeness (QED) is 0.0945. The number of hydrogen-bond acceptors (Lipinski definition) is 10. The Labute approximate surface area is 219 Å². The van der Waals surface area contributed by atoms with Crippen LogP contribution in [0.3, 0.4) is 0 Å². The first kappa shape index (κ1) is 32.7. The third kappa shape index (κ3) is 21.9. The Balaban J connectivity index is 1.67. The van der Waals surface area contributed by atoms with Gasteiger partial charge in [0.2, 0.25) is 0 Å². The molecule has 0 aliphatic carbocycles. The van der Waals surface area contributed by atoms with Gasteiger partial charge < -0.3 is 42.6 Å². The Kier molecular flexibility index (Phi) is 24.3. The molecule has 1 aromatic rings. The van der Waals surface area contributed by atoms with Crippen molar-refractivity contribution in [2.24, 2.45) is 0 Å². The van der Waals surface area contributed by atoms with E-state index in [9.17, 15) is 4.79 Å². The number of rotatable bonds is 27. The zero-order chi connectivity index (χ0) is 25.8. The monoisotopic (exact) mass is 536 g/mol. The lowest BCUT2D eigenvalue weighted by Gasteiger charge is -2.09. The molecule has 0 N–H and O–H groups in total. The summed E-state index contributed by atoms with van der Waals surface area (Å²) in [4.78, 5) is 11.7. The fraction of sp³-hybridized carbons (Fsp3) is 0.720. The standard InChI is InChI=1S/C25H41ClO10/c26-6-7-28-8-9-29-10-11-30-12-13-31-14-15-32-16-17-33-18-19-34-20-21-35-22-23-36-25(27)24-4-2-1-3-5-24/h1-5H,6-23H2. The summed E-state index contributed by atoms with van der Waals surface area (Å²) in [6.45, 7) is 8.07. The predicted molar refractivity (Wildman–Crippen MR) is 134 cm³/mol. The topological polar surface area (TPSA) is 100 Å². The summed E-state index contributed by atoms with van der Waals surface area (Å²) in [7, 11) is 0. The molecule has 10 nitrogen and oxygen atoms in total. The molecule has 0 heterocycles. The van der Waals surface area contributed by atoms with Gasteiger partial charge in [0.05, 0.1) is 111 Å². The van der Waals surface area contributed by atoms with Gasteiger partial charge in [-0.15, -0.1) is 11.6 Å². The third-order valence-corrected chi connectivity index (χ3v) is 4.45. The maximum atomic E-state index is 11.7. The van der Waals surface area contributed by atoms with Gasteiger partial charge in [-0.2, -0.15) is 0 Å². The highest BCUT2D eigenvalue weighted by Gasteiger charge is 2.05. The summed E-state index contributed by atoms with van der Waals surface area (Å²) < 4.78 is 48.1. The van der Waals surface area contributed by atoms with Crippen LogP contribution in [0.4, 0.5) is 0 Å². The molecule has 0 radical (unpaired) electrons. The highest BCUT2D eigenvalue weighted by Crippen LogP contribution is 2.00. The Hall–Kier alpha value is -1.34. The van der Waals surface area contributed by atoms with Crippen LogP contribution in [0.25, 0.3) is 0 Å². The average molecular weight is 537 g/mol. The normalized spacial score (nSPS) is 11.1. The van der Waals surface area contributed by atoms with Gasteiger partial charge in [0.15, 0.2) is 0 Å². The van der Waals surface area contributed by atoms with E-state index in [0.29, 0.717) is 117 Å². The van der Waals surface area contributed by atoms with E-state index in [1.54, 1.807) is 24.3 Å². The van der Waals surface area contributed by atoms with Crippen LogP contribution in [-0.4, -0.2) is 124 Å². The largest absolute Gasteiger partial charge is 0.460 e. The summed E-state index contributed by atoms with van der Waals surface area (Å²) in [5.74, 6) is 0.142. The van der Waals surface area contributed by atoms with Crippen LogP contribution >= 0.6 is 11.6 Å². The maximum Gasteiger partial charge on any atom is 0.338 e. The molecule has 0 saturated heterocycles. The molecular weight excluding hydrogens is 496 g/mol. The molecule has 36 heavy (non-hydrogen) atoms. The number of carbonyl (C=O) groups is 1. The molecule has 1 aromatic carbocycles. The zero-order valence-corrected chi connectivity index (χ0v) is 21.8. The van der Waals surface area contributed by atoms with Crippen molar-refractivity contribution >= 4 is 17.6 Å². The Morgan fingerprint density at radius 2 is 0.778 bits per heavy atom. The highest BCUT2D eigenvalue weighted by molar-refractivity contribution is 6.17. The van der Waals surface area contributed by atoms with Gasteiger partial charge in [-0.05, 0) is 12.1 Å². The van der Waals surface area contributed by atoms with E-state index >= 15 is 0 Å². The fourth-order valence-electron chi connectivity index (χ4n) is 2.55. The van der Waals surface area contributed by atoms with Crippen LogP contribution in [0.15, 0.2) is 30.3 Å². The van der Waals surface area contributed by atoms with Crippen LogP contribution in [-0.2, 0) is 42.6 Å². The Morgan fingerprint density at radius 1 is 0.472 bits per heavy atom. The van der Waals surface area contributed by atoms with Crippen LogP contribution in [0, 0.1) is 0 Å². The maximum absolute atomic E-state index is 11.7. The van der Waals surface area contributed by atoms with Gasteiger partial charge in [-0.25, -0.2) is 4.79 Å². The van der Waals surface area contributed by atoms with Gasteiger partial charge in [0.25, 0.3) is 0 Å². The smallest absolute Gasteiger partial charge is 0.338 e. The number of carbonyl (C=O) groups excluding carboxylic acids is 1. The first-order chi connectivity index (χ1) is 17.8. The fourth-order valence-corrected chi connectivity index (χ4v) is 2.66. The molecule has 0 fully saturated rings. The summed E-state index contributed by atoms with van der Waals surface area (Å²) >= 11 is 5.50. The van der Waals surface area contributed by atoms with Crippen LogP contribution in [0.2, 0.25) is 0 Å². The van der Waals surface area contributed by atoms with E-state index < -0.39 is 0 Å². The van der Waals surface area contributed by atoms with Crippen LogP contribution in [0.5, 0.6) is 0 Å². The highest BCUT2D eigenvalue weighted by atomic mass is 35.5. The Morgan fingerprint density at radius 3 is 1.11 bits per heavy atom. The van der Waals surface area contributed by atoms with E-state index in [-0.39, 0.29) is 12.6 Å². The molecule has 0 spiro atoms. The number of ether oxygens (including phenoxy) is 9. The molecule has 0 aliphatic rings. The van der Waals surface area contributed by atoms with Gasteiger partial charge in [0.1, 0.15) is 6.61 Å². The van der Waals surface area contributed by atoms with E-state index in [4.69, 9.17) is 54.2 Å². The minimum absolute atomic E-state index is 0.206. The van der Waals surface area contributed by atoms with Gasteiger partial charge in [-0.3, -0.25) is 0 Å². The SMILES string of the molecule is O=C(OCCOCCOCCOCCOCCOCCOCCOCCOCCCl)c1ccccc1. The zero-order valence-electron chi connectivity index (χ0n) is 21.1. The van der Waals surface area contributed by atoms with Crippen molar-refractivity contribution in [2.45, 2.75) is 0 Å². The lowest BCUT2D eigenvalue weighted by atomic mass is 10.2. The van der Waals surface area contributed by atoms with Gasteiger partial charge in [0, 0.05) is 5.88 Å². The summed E-state index contributed by atoms with van der Waals surface area (Å²) in [6.07, 6.45) is 0. The van der Waals surface area contributed by atoms with Crippen molar-refractivity contribution < 1.29 is 47.4 Å². The molecular formula is C25H41ClO10. The summed E-state index contributed by atoms with van der Waals surface area (Å²) in [5.41, 5.74) is 0.528. The van der Waals surface area contributed by atoms with E-state index in [2.05, 4.69) is 0 Å². The first-order valence-corrected chi connectivity index (χ1v) is 12.8. The lowest BCUT2D eigenvalue weighted by molar-refractivity contribution is -0.0241. The molecule has 0 aliphatic heterocycles. The molecule has 0 amide bonds. The van der Waals surface area contributed by atoms with Crippen LogP contribution in [0.1, 0.15) is 10.4 Å². The Bertz CT molecular complexity index is 593. The van der Waals surface area contributed by atoms with Crippen LogP contribution < -0.4 is 0 Å². The summed E-state index contributed by atoms with van der Waals surface area (Å²) in [5, 5.41) is 0. The number of benzene rings is 1. The second kappa shape index (κ2) is 26.7. The van der Waals surface area contributed by atoms with Crippen molar-refractivity contribution in [1.29, 1.82) is 0 Å². The van der Waals surface area contributed by atoms with E-state index in [1.165, 1.54) is 0 Å². The summed E-state index contributed by atoms with van der Waals surface area (Å²) in [6, 6.07) is 8.85. The number of esters is 1. The minimum atomic E-state index is -0.354. The van der Waals surface area contributed by atoms with Crippen molar-refractivity contribution in [1.82, 2.24) is 0 Å². The second-order valence-corrected chi connectivity index (χ2v) is 7.47. The molecule has 1 rings (SSSR count). The average Bonchev–Trinajstić information content (AvgIpc) is 2.91. The second-order valence-electron chi connectivity index (χ2n) is 7.09. The third-order valence-electron chi connectivity index (χ3n) is 4.30. The first-order valence-electron chi connectivity index (χ1n) is 12.2. The molecule has 0 unspecified atom stereocenters. The van der Waals surface area contributed by atoms with Crippen molar-refractivity contribution in [3.8, 4) is 0 Å². The molecule has 11 heteroatoms. The number of alkyl halides is 1. The van der Waals surface area contributed by atoms with Gasteiger partial charge >= 0.3 is 5.97 Å². The molecule has 0 saturated carbocycles.